The predicted molar refractivity (Wildman–Crippen MR) is 118 cm³/mol. The van der Waals surface area contributed by atoms with Crippen molar-refractivity contribution in [3.05, 3.63) is 61.6 Å². The van der Waals surface area contributed by atoms with Crippen LogP contribution in [0, 0.1) is 0 Å². The zero-order chi connectivity index (χ0) is 21.8. The van der Waals surface area contributed by atoms with E-state index in [2.05, 4.69) is 10.3 Å². The zero-order valence-corrected chi connectivity index (χ0v) is 17.9. The second-order valence-corrected chi connectivity index (χ2v) is 8.41. The summed E-state index contributed by atoms with van der Waals surface area (Å²) in [5, 5.41) is 2.84. The van der Waals surface area contributed by atoms with Gasteiger partial charge in [0, 0.05) is 23.0 Å². The molecule has 162 valence electrons. The topological polar surface area (TPSA) is 94.4 Å². The van der Waals surface area contributed by atoms with Gasteiger partial charge in [0.2, 0.25) is 6.79 Å². The fourth-order valence-electron chi connectivity index (χ4n) is 4.03. The highest BCUT2D eigenvalue weighted by Crippen LogP contribution is 2.36. The second-order valence-electron chi connectivity index (χ2n) is 7.43. The zero-order valence-electron chi connectivity index (χ0n) is 17.1. The molecule has 9 nitrogen and oxygen atoms in total. The number of hydrogen-bond acceptors (Lipinski definition) is 8. The molecule has 32 heavy (non-hydrogen) atoms. The Bertz CT molecular complexity index is 1460. The Kier molecular flexibility index (Phi) is 4.22. The molecular weight excluding hydrogens is 432 g/mol. The molecule has 2 aromatic carbocycles. The molecule has 1 amide bonds. The van der Waals surface area contributed by atoms with Gasteiger partial charge in [0.05, 0.1) is 12.2 Å². The van der Waals surface area contributed by atoms with Crippen molar-refractivity contribution in [2.75, 3.05) is 30.3 Å². The monoisotopic (exact) mass is 450 g/mol. The number of rotatable bonds is 3. The van der Waals surface area contributed by atoms with Crippen LogP contribution in [-0.2, 0) is 11.5 Å². The summed E-state index contributed by atoms with van der Waals surface area (Å²) in [6.45, 7) is 3.34. The van der Waals surface area contributed by atoms with Gasteiger partial charge in [0.1, 0.15) is 23.6 Å². The van der Waals surface area contributed by atoms with Crippen LogP contribution < -0.4 is 39.3 Å². The molecule has 6 rings (SSSR count). The lowest BCUT2D eigenvalue weighted by Gasteiger charge is -2.25. The van der Waals surface area contributed by atoms with Crippen LogP contribution in [0.15, 0.2) is 46.2 Å². The van der Waals surface area contributed by atoms with Gasteiger partial charge in [0.15, 0.2) is 16.3 Å². The number of benzene rings is 2. The number of carbonyl (C=O) groups excluding carboxylic acids is 1. The Morgan fingerprint density at radius 2 is 2.03 bits per heavy atom. The molecule has 1 aromatic heterocycles. The first-order valence-electron chi connectivity index (χ1n) is 10.1. The van der Waals surface area contributed by atoms with Crippen LogP contribution in [0.1, 0.15) is 12.5 Å². The summed E-state index contributed by atoms with van der Waals surface area (Å²) in [5.41, 5.74) is 2.34. The van der Waals surface area contributed by atoms with Gasteiger partial charge >= 0.3 is 0 Å². The minimum Gasteiger partial charge on any atom is -0.494 e. The first kappa shape index (κ1) is 18.9. The highest BCUT2D eigenvalue weighted by atomic mass is 32.1. The number of carbonyl (C=O) groups is 1. The Balaban J connectivity index is 1.43. The number of hydrogen-bond donors (Lipinski definition) is 1. The highest BCUT2D eigenvalue weighted by Gasteiger charge is 2.28. The van der Waals surface area contributed by atoms with E-state index in [1.807, 2.05) is 30.0 Å². The molecule has 1 N–H and O–H groups in total. The van der Waals surface area contributed by atoms with Crippen molar-refractivity contribution in [1.29, 1.82) is 0 Å². The van der Waals surface area contributed by atoms with E-state index in [4.69, 9.17) is 14.2 Å². The maximum Gasteiger partial charge on any atom is 0.272 e. The first-order valence-corrected chi connectivity index (χ1v) is 11.0. The molecule has 3 aromatic rings. The van der Waals surface area contributed by atoms with Gasteiger partial charge in [-0.1, -0.05) is 11.3 Å². The number of nitrogens with zero attached hydrogens (tertiary/aromatic N) is 3. The third kappa shape index (κ3) is 2.87. The van der Waals surface area contributed by atoms with Crippen molar-refractivity contribution in [3.63, 3.8) is 0 Å². The summed E-state index contributed by atoms with van der Waals surface area (Å²) in [5.74, 6) is 1.73. The number of ether oxygens (including phenoxy) is 3. The van der Waals surface area contributed by atoms with E-state index < -0.39 is 0 Å². The molecule has 10 heteroatoms. The van der Waals surface area contributed by atoms with Gasteiger partial charge in [-0.05, 0) is 37.3 Å². The van der Waals surface area contributed by atoms with Crippen LogP contribution in [0.3, 0.4) is 0 Å². The molecular formula is C22H18N4O5S. The van der Waals surface area contributed by atoms with Gasteiger partial charge in [-0.15, -0.1) is 0 Å². The van der Waals surface area contributed by atoms with Crippen LogP contribution in [0.4, 0.5) is 11.4 Å². The first-order chi connectivity index (χ1) is 15.6. The minimum atomic E-state index is -0.294. The predicted octanol–water partition coefficient (Wildman–Crippen LogP) is 1.24. The number of amides is 1. The summed E-state index contributed by atoms with van der Waals surface area (Å²) in [6.07, 6.45) is 0. The van der Waals surface area contributed by atoms with E-state index in [1.54, 1.807) is 22.8 Å². The molecule has 0 aliphatic carbocycles. The average Bonchev–Trinajstić information content (AvgIpc) is 3.48. The normalized spacial score (nSPS) is 17.5. The van der Waals surface area contributed by atoms with E-state index in [9.17, 15) is 9.59 Å². The largest absolute Gasteiger partial charge is 0.494 e. The second kappa shape index (κ2) is 7.13. The standard InChI is InChI=1S/C22H18N4O5S/c1-2-29-13-4-5-15-14(8-13)18(20(27)24-15)19-21(28)26-10-25(9-23-22(26)32-19)12-3-6-16-17(7-12)31-11-30-16/h3-8H,2,9-11H2,1H3,(H,24,27)/b19-18-. The van der Waals surface area contributed by atoms with Crippen molar-refractivity contribution in [1.82, 2.24) is 4.57 Å². The quantitative estimate of drug-likeness (QED) is 0.646. The Hall–Kier alpha value is -3.79. The number of aromatic nitrogens is 1. The van der Waals surface area contributed by atoms with Crippen LogP contribution in [0.5, 0.6) is 17.2 Å². The molecule has 0 radical (unpaired) electrons. The molecule has 0 spiro atoms. The molecule has 0 bridgehead atoms. The van der Waals surface area contributed by atoms with Gasteiger partial charge in [-0.25, -0.2) is 4.99 Å². The lowest BCUT2D eigenvalue weighted by molar-refractivity contribution is -0.110. The summed E-state index contributed by atoms with van der Waals surface area (Å²) in [6, 6.07) is 11.0. The lowest BCUT2D eigenvalue weighted by Crippen LogP contribution is -2.43. The molecule has 0 unspecified atom stereocenters. The summed E-state index contributed by atoms with van der Waals surface area (Å²) < 4.78 is 18.4. The van der Waals surface area contributed by atoms with Crippen molar-refractivity contribution in [3.8, 4) is 17.2 Å². The van der Waals surface area contributed by atoms with Crippen molar-refractivity contribution in [2.45, 2.75) is 13.6 Å². The van der Waals surface area contributed by atoms with Crippen molar-refractivity contribution >= 4 is 34.2 Å². The van der Waals surface area contributed by atoms with E-state index in [1.165, 1.54) is 11.3 Å². The van der Waals surface area contributed by atoms with Crippen LogP contribution in [0.25, 0.3) is 5.57 Å². The smallest absolute Gasteiger partial charge is 0.272 e. The molecule has 0 fully saturated rings. The average molecular weight is 450 g/mol. The van der Waals surface area contributed by atoms with Crippen molar-refractivity contribution < 1.29 is 19.0 Å². The number of anilines is 2. The van der Waals surface area contributed by atoms with Gasteiger partial charge in [0.25, 0.3) is 11.5 Å². The highest BCUT2D eigenvalue weighted by molar-refractivity contribution is 7.07. The molecule has 0 saturated carbocycles. The number of fused-ring (bicyclic) bond motifs is 3. The Morgan fingerprint density at radius 3 is 2.91 bits per heavy atom. The Morgan fingerprint density at radius 1 is 1.16 bits per heavy atom. The molecule has 3 aliphatic rings. The molecule has 4 heterocycles. The fraction of sp³-hybridized carbons (Fsp3) is 0.227. The van der Waals surface area contributed by atoms with Gasteiger partial charge in [-0.3, -0.25) is 14.2 Å². The van der Waals surface area contributed by atoms with E-state index in [-0.39, 0.29) is 18.3 Å². The fourth-order valence-corrected chi connectivity index (χ4v) is 5.09. The van der Waals surface area contributed by atoms with Crippen molar-refractivity contribution in [2.24, 2.45) is 4.99 Å². The molecule has 0 atom stereocenters. The third-order valence-electron chi connectivity index (χ3n) is 5.55. The maximum atomic E-state index is 13.3. The SMILES string of the molecule is CCOc1ccc2c(c1)/C(=c1/sc3n(c1=O)CN(c1ccc4c(c1)OCO4)CN=3)C(=O)N2. The third-order valence-corrected chi connectivity index (χ3v) is 6.66. The maximum absolute atomic E-state index is 13.3. The van der Waals surface area contributed by atoms with E-state index in [0.29, 0.717) is 63.4 Å². The summed E-state index contributed by atoms with van der Waals surface area (Å²) >= 11 is 1.24. The van der Waals surface area contributed by atoms with Gasteiger partial charge < -0.3 is 24.4 Å². The van der Waals surface area contributed by atoms with E-state index in [0.717, 1.165) is 5.69 Å². The molecule has 3 aliphatic heterocycles. The number of nitrogens with one attached hydrogen (secondary N) is 1. The Labute approximate surface area is 185 Å². The van der Waals surface area contributed by atoms with Gasteiger partial charge in [-0.2, -0.15) is 0 Å². The van der Waals surface area contributed by atoms with Crippen LogP contribution >= 0.6 is 11.3 Å². The van der Waals surface area contributed by atoms with Crippen LogP contribution in [0.2, 0.25) is 0 Å². The summed E-state index contributed by atoms with van der Waals surface area (Å²) in [7, 11) is 0. The number of thiazole rings is 1. The summed E-state index contributed by atoms with van der Waals surface area (Å²) in [4.78, 5) is 33.3. The lowest BCUT2D eigenvalue weighted by atomic mass is 10.1. The van der Waals surface area contributed by atoms with E-state index >= 15 is 0 Å². The van der Waals surface area contributed by atoms with Crippen LogP contribution in [-0.4, -0.2) is 30.5 Å². The minimum absolute atomic E-state index is 0.202. The molecule has 0 saturated heterocycles.